The third-order valence-corrected chi connectivity index (χ3v) is 3.34. The van der Waals surface area contributed by atoms with Crippen LogP contribution in [0.3, 0.4) is 0 Å². The number of amides is 1. The lowest BCUT2D eigenvalue weighted by molar-refractivity contribution is 0.0526. The number of esters is 1. The number of aromatic nitrogens is 1. The molecule has 1 aromatic heterocycles. The Balaban J connectivity index is 2.11. The van der Waals surface area contributed by atoms with Gasteiger partial charge in [-0.1, -0.05) is 0 Å². The number of pyridine rings is 1. The maximum atomic E-state index is 11.9. The second-order valence-corrected chi connectivity index (χ2v) is 4.68. The summed E-state index contributed by atoms with van der Waals surface area (Å²) in [5.74, 6) is -0.513. The van der Waals surface area contributed by atoms with Crippen LogP contribution in [0.15, 0.2) is 24.4 Å². The number of nitrogens with zero attached hydrogens (tertiary/aromatic N) is 1. The number of anilines is 1. The van der Waals surface area contributed by atoms with Gasteiger partial charge in [0.2, 0.25) is 0 Å². The van der Waals surface area contributed by atoms with Crippen LogP contribution in [-0.2, 0) is 4.74 Å². The number of carbonyl (C=O) groups excluding carboxylic acids is 2. The summed E-state index contributed by atoms with van der Waals surface area (Å²) in [6.45, 7) is 3.31. The third kappa shape index (κ3) is 2.40. The molecule has 0 saturated heterocycles. The van der Waals surface area contributed by atoms with Crippen LogP contribution in [0.25, 0.3) is 10.9 Å². The highest BCUT2D eigenvalue weighted by atomic mass is 16.5. The fraction of sp³-hybridized carbons (Fsp3) is 0.267. The first-order chi connectivity index (χ1) is 10.2. The quantitative estimate of drug-likeness (QED) is 0.819. The molecule has 0 spiro atoms. The van der Waals surface area contributed by atoms with Crippen LogP contribution in [0.2, 0.25) is 0 Å². The molecular weight excluding hydrogens is 270 g/mol. The zero-order chi connectivity index (χ0) is 14.8. The van der Waals surface area contributed by atoms with E-state index in [1.54, 1.807) is 25.1 Å². The smallest absolute Gasteiger partial charge is 0.338 e. The Labute approximate surface area is 121 Å². The summed E-state index contributed by atoms with van der Waals surface area (Å²) < 4.78 is 4.98. The summed E-state index contributed by atoms with van der Waals surface area (Å²) in [5, 5.41) is 6.85. The number of benzene rings is 1. The molecule has 0 bridgehead atoms. The standard InChI is InChI=1S/C15H15N3O3/c1-2-21-15(20)9-3-4-10-12(7-9)18-8-11-13(10)16-5-6-17-14(11)19/h3-4,7-8,16H,2,5-6H2,1H3,(H,17,19). The minimum absolute atomic E-state index is 0.140. The highest BCUT2D eigenvalue weighted by Gasteiger charge is 2.18. The number of rotatable bonds is 2. The Morgan fingerprint density at radius 3 is 2.95 bits per heavy atom. The van der Waals surface area contributed by atoms with E-state index in [4.69, 9.17) is 4.74 Å². The molecule has 0 radical (unpaired) electrons. The van der Waals surface area contributed by atoms with Gasteiger partial charge in [0, 0.05) is 24.7 Å². The third-order valence-electron chi connectivity index (χ3n) is 3.34. The second kappa shape index (κ2) is 5.40. The molecule has 6 heteroatoms. The first-order valence-electron chi connectivity index (χ1n) is 6.82. The Morgan fingerprint density at radius 2 is 2.14 bits per heavy atom. The van der Waals surface area contributed by atoms with Gasteiger partial charge in [-0.2, -0.15) is 0 Å². The highest BCUT2D eigenvalue weighted by Crippen LogP contribution is 2.27. The second-order valence-electron chi connectivity index (χ2n) is 4.68. The van der Waals surface area contributed by atoms with E-state index in [0.717, 1.165) is 11.1 Å². The average molecular weight is 285 g/mol. The van der Waals surface area contributed by atoms with Crippen molar-refractivity contribution in [2.75, 3.05) is 25.0 Å². The molecule has 1 aliphatic rings. The maximum Gasteiger partial charge on any atom is 0.338 e. The van der Waals surface area contributed by atoms with Crippen LogP contribution >= 0.6 is 0 Å². The lowest BCUT2D eigenvalue weighted by Gasteiger charge is -2.10. The zero-order valence-electron chi connectivity index (χ0n) is 11.6. The molecular formula is C15H15N3O3. The largest absolute Gasteiger partial charge is 0.462 e. The number of ether oxygens (including phenoxy) is 1. The van der Waals surface area contributed by atoms with Crippen molar-refractivity contribution >= 4 is 28.5 Å². The first kappa shape index (κ1) is 13.4. The maximum absolute atomic E-state index is 11.9. The van der Waals surface area contributed by atoms with E-state index in [2.05, 4.69) is 15.6 Å². The van der Waals surface area contributed by atoms with Crippen molar-refractivity contribution in [3.63, 3.8) is 0 Å². The Kier molecular flexibility index (Phi) is 3.43. The summed E-state index contributed by atoms with van der Waals surface area (Å²) in [6.07, 6.45) is 1.53. The van der Waals surface area contributed by atoms with Crippen molar-refractivity contribution in [2.24, 2.45) is 0 Å². The monoisotopic (exact) mass is 285 g/mol. The predicted octanol–water partition coefficient (Wildman–Crippen LogP) is 1.57. The van der Waals surface area contributed by atoms with Crippen molar-refractivity contribution in [1.82, 2.24) is 10.3 Å². The average Bonchev–Trinajstić information content (AvgIpc) is 2.69. The van der Waals surface area contributed by atoms with Gasteiger partial charge in [-0.15, -0.1) is 0 Å². The van der Waals surface area contributed by atoms with E-state index >= 15 is 0 Å². The molecule has 21 heavy (non-hydrogen) atoms. The van der Waals surface area contributed by atoms with Crippen molar-refractivity contribution < 1.29 is 14.3 Å². The van der Waals surface area contributed by atoms with Crippen LogP contribution in [0.4, 0.5) is 5.69 Å². The molecule has 0 aliphatic carbocycles. The number of nitrogens with one attached hydrogen (secondary N) is 2. The van der Waals surface area contributed by atoms with E-state index in [9.17, 15) is 9.59 Å². The van der Waals surface area contributed by atoms with E-state index in [1.807, 2.05) is 0 Å². The van der Waals surface area contributed by atoms with E-state index < -0.39 is 0 Å². The fourth-order valence-electron chi connectivity index (χ4n) is 2.36. The van der Waals surface area contributed by atoms with Crippen molar-refractivity contribution in [3.05, 3.63) is 35.5 Å². The lowest BCUT2D eigenvalue weighted by Crippen LogP contribution is -2.24. The molecule has 0 unspecified atom stereocenters. The molecule has 6 nitrogen and oxygen atoms in total. The minimum atomic E-state index is -0.373. The topological polar surface area (TPSA) is 80.3 Å². The van der Waals surface area contributed by atoms with Gasteiger partial charge in [0.05, 0.1) is 28.9 Å². The van der Waals surface area contributed by atoms with Gasteiger partial charge in [-0.3, -0.25) is 9.78 Å². The SMILES string of the molecule is CCOC(=O)c1ccc2c3c(cnc2c1)C(=O)NCCN3. The van der Waals surface area contributed by atoms with Crippen molar-refractivity contribution in [3.8, 4) is 0 Å². The Morgan fingerprint density at radius 1 is 1.33 bits per heavy atom. The highest BCUT2D eigenvalue weighted by molar-refractivity contribution is 6.08. The van der Waals surface area contributed by atoms with Gasteiger partial charge in [0.1, 0.15) is 0 Å². The molecule has 1 aromatic carbocycles. The van der Waals surface area contributed by atoms with Gasteiger partial charge in [0.25, 0.3) is 5.91 Å². The number of carbonyl (C=O) groups is 2. The molecule has 2 aromatic rings. The number of hydrogen-bond donors (Lipinski definition) is 2. The zero-order valence-corrected chi connectivity index (χ0v) is 11.6. The van der Waals surface area contributed by atoms with Gasteiger partial charge in [-0.05, 0) is 25.1 Å². The van der Waals surface area contributed by atoms with Crippen LogP contribution < -0.4 is 10.6 Å². The predicted molar refractivity (Wildman–Crippen MR) is 78.5 cm³/mol. The fourth-order valence-corrected chi connectivity index (χ4v) is 2.36. The molecule has 2 N–H and O–H groups in total. The summed E-state index contributed by atoms with van der Waals surface area (Å²) >= 11 is 0. The van der Waals surface area contributed by atoms with Gasteiger partial charge >= 0.3 is 5.97 Å². The summed E-state index contributed by atoms with van der Waals surface area (Å²) in [7, 11) is 0. The Bertz CT molecular complexity index is 727. The van der Waals surface area contributed by atoms with Crippen LogP contribution in [0, 0.1) is 0 Å². The summed E-state index contributed by atoms with van der Waals surface area (Å²) in [5.41, 5.74) is 2.38. The molecule has 1 amide bonds. The molecule has 1 aliphatic heterocycles. The first-order valence-corrected chi connectivity index (χ1v) is 6.82. The van der Waals surface area contributed by atoms with Crippen molar-refractivity contribution in [2.45, 2.75) is 6.92 Å². The van der Waals surface area contributed by atoms with E-state index in [1.165, 1.54) is 6.20 Å². The van der Waals surface area contributed by atoms with E-state index in [0.29, 0.717) is 36.3 Å². The molecule has 0 atom stereocenters. The van der Waals surface area contributed by atoms with Gasteiger partial charge in [0.15, 0.2) is 0 Å². The molecule has 3 rings (SSSR count). The van der Waals surface area contributed by atoms with Crippen LogP contribution in [0.1, 0.15) is 27.6 Å². The van der Waals surface area contributed by atoms with Crippen LogP contribution in [-0.4, -0.2) is 36.6 Å². The van der Waals surface area contributed by atoms with Crippen LogP contribution in [0.5, 0.6) is 0 Å². The number of fused-ring (bicyclic) bond motifs is 3. The van der Waals surface area contributed by atoms with Crippen molar-refractivity contribution in [1.29, 1.82) is 0 Å². The summed E-state index contributed by atoms with van der Waals surface area (Å²) in [4.78, 5) is 28.0. The number of hydrogen-bond acceptors (Lipinski definition) is 5. The normalized spacial score (nSPS) is 13.9. The van der Waals surface area contributed by atoms with Gasteiger partial charge < -0.3 is 15.4 Å². The molecule has 108 valence electrons. The molecule has 2 heterocycles. The lowest BCUT2D eigenvalue weighted by atomic mass is 10.1. The van der Waals surface area contributed by atoms with E-state index in [-0.39, 0.29) is 11.9 Å². The van der Waals surface area contributed by atoms with Gasteiger partial charge in [-0.25, -0.2) is 4.79 Å². The molecule has 0 saturated carbocycles. The minimum Gasteiger partial charge on any atom is -0.462 e. The summed E-state index contributed by atoms with van der Waals surface area (Å²) in [6, 6.07) is 5.16. The molecule has 0 fully saturated rings. The Hall–Kier alpha value is -2.63.